The molecular weight excluding hydrogens is 407 g/mol. The van der Waals surface area contributed by atoms with Crippen LogP contribution in [0, 0.1) is 11.2 Å². The van der Waals surface area contributed by atoms with E-state index in [1.54, 1.807) is 12.1 Å². The first-order valence-corrected chi connectivity index (χ1v) is 10.9. The van der Waals surface area contributed by atoms with E-state index in [9.17, 15) is 9.50 Å². The van der Waals surface area contributed by atoms with Crippen molar-refractivity contribution in [2.75, 3.05) is 51.2 Å². The lowest BCUT2D eigenvalue weighted by Crippen LogP contribution is -2.44. The van der Waals surface area contributed by atoms with E-state index >= 15 is 0 Å². The summed E-state index contributed by atoms with van der Waals surface area (Å²) in [6, 6.07) is 12.6. The number of hydrogen-bond donors (Lipinski definition) is 3. The Hall–Kier alpha value is -3.39. The van der Waals surface area contributed by atoms with Gasteiger partial charge in [0.1, 0.15) is 23.2 Å². The Bertz CT molecular complexity index is 1180. The third kappa shape index (κ3) is 3.93. The smallest absolute Gasteiger partial charge is 0.145 e. The molecule has 1 saturated heterocycles. The van der Waals surface area contributed by atoms with Gasteiger partial charge in [0, 0.05) is 38.4 Å². The molecule has 0 spiro atoms. The van der Waals surface area contributed by atoms with Crippen molar-refractivity contribution in [3.05, 3.63) is 65.4 Å². The summed E-state index contributed by atoms with van der Waals surface area (Å²) in [4.78, 5) is 14.5. The van der Waals surface area contributed by atoms with Crippen LogP contribution in [0.2, 0.25) is 0 Å². The average Bonchev–Trinajstić information content (AvgIpc) is 3.32. The Morgan fingerprint density at radius 1 is 1.09 bits per heavy atom. The van der Waals surface area contributed by atoms with Crippen LogP contribution in [0.3, 0.4) is 0 Å². The van der Waals surface area contributed by atoms with Crippen LogP contribution in [0.4, 0.5) is 10.1 Å². The Balaban J connectivity index is 1.32. The molecular formula is C24H27FN6O. The van der Waals surface area contributed by atoms with E-state index in [4.69, 9.17) is 5.41 Å². The Morgan fingerprint density at radius 3 is 2.59 bits per heavy atom. The first-order chi connectivity index (χ1) is 15.5. The highest BCUT2D eigenvalue weighted by atomic mass is 19.1. The summed E-state index contributed by atoms with van der Waals surface area (Å²) >= 11 is 0. The lowest BCUT2D eigenvalue weighted by atomic mass is 10.1. The molecule has 0 amide bonds. The molecule has 0 unspecified atom stereocenters. The molecule has 0 aliphatic carbocycles. The molecule has 3 aromatic rings. The first-order valence-electron chi connectivity index (χ1n) is 10.9. The van der Waals surface area contributed by atoms with Crippen LogP contribution in [0.25, 0.3) is 16.6 Å². The van der Waals surface area contributed by atoms with Gasteiger partial charge in [0.05, 0.1) is 23.2 Å². The van der Waals surface area contributed by atoms with Gasteiger partial charge in [-0.1, -0.05) is 12.1 Å². The SMILES string of the molecule is CN1CCN(c2ccc3nc(C4=C(O)CN(CCc5ccc(F)cc5)C4=N)[nH]c3c2)CC1. The minimum absolute atomic E-state index is 0.146. The second-order valence-electron chi connectivity index (χ2n) is 8.55. The number of H-pyrrole nitrogens is 1. The van der Waals surface area contributed by atoms with Crippen molar-refractivity contribution >= 4 is 28.1 Å². The fourth-order valence-corrected chi connectivity index (χ4v) is 4.37. The highest BCUT2D eigenvalue weighted by Crippen LogP contribution is 2.29. The summed E-state index contributed by atoms with van der Waals surface area (Å²) in [6.07, 6.45) is 0.664. The Kier molecular flexibility index (Phi) is 5.30. The minimum Gasteiger partial charge on any atom is -0.510 e. The zero-order chi connectivity index (χ0) is 22.2. The molecule has 3 heterocycles. The van der Waals surface area contributed by atoms with Gasteiger partial charge in [-0.2, -0.15) is 0 Å². The normalized spacial score (nSPS) is 17.8. The van der Waals surface area contributed by atoms with Crippen molar-refractivity contribution in [3.63, 3.8) is 0 Å². The summed E-state index contributed by atoms with van der Waals surface area (Å²) < 4.78 is 13.1. The van der Waals surface area contributed by atoms with Crippen LogP contribution in [0.15, 0.2) is 48.2 Å². The van der Waals surface area contributed by atoms with Gasteiger partial charge in [0.2, 0.25) is 0 Å². The van der Waals surface area contributed by atoms with Gasteiger partial charge < -0.3 is 24.8 Å². The number of aliphatic hydroxyl groups excluding tert-OH is 1. The van der Waals surface area contributed by atoms with Crippen molar-refractivity contribution < 1.29 is 9.50 Å². The predicted octanol–water partition coefficient (Wildman–Crippen LogP) is 3.26. The fourth-order valence-electron chi connectivity index (χ4n) is 4.37. The maximum absolute atomic E-state index is 13.1. The number of aliphatic hydroxyl groups is 1. The van der Waals surface area contributed by atoms with Gasteiger partial charge >= 0.3 is 0 Å². The molecule has 0 saturated carbocycles. The summed E-state index contributed by atoms with van der Waals surface area (Å²) in [7, 11) is 2.14. The van der Waals surface area contributed by atoms with Crippen LogP contribution in [0.5, 0.6) is 0 Å². The van der Waals surface area contributed by atoms with Crippen molar-refractivity contribution in [1.82, 2.24) is 19.8 Å². The lowest BCUT2D eigenvalue weighted by Gasteiger charge is -2.34. The Morgan fingerprint density at radius 2 is 1.84 bits per heavy atom. The van der Waals surface area contributed by atoms with E-state index in [0.717, 1.165) is 48.5 Å². The number of hydrogen-bond acceptors (Lipinski definition) is 5. The molecule has 2 aliphatic rings. The van der Waals surface area contributed by atoms with Gasteiger partial charge in [0.15, 0.2) is 0 Å². The summed E-state index contributed by atoms with van der Waals surface area (Å²) in [6.45, 7) is 4.89. The zero-order valence-electron chi connectivity index (χ0n) is 18.1. The molecule has 2 aromatic carbocycles. The molecule has 3 N–H and O–H groups in total. The third-order valence-corrected chi connectivity index (χ3v) is 6.34. The number of anilines is 1. The van der Waals surface area contributed by atoms with Crippen molar-refractivity contribution in [3.8, 4) is 0 Å². The predicted molar refractivity (Wildman–Crippen MR) is 125 cm³/mol. The number of nitrogens with one attached hydrogen (secondary N) is 2. The molecule has 1 aromatic heterocycles. The average molecular weight is 435 g/mol. The number of piperazine rings is 1. The van der Waals surface area contributed by atoms with Gasteiger partial charge in [-0.25, -0.2) is 9.37 Å². The molecule has 5 rings (SSSR count). The summed E-state index contributed by atoms with van der Waals surface area (Å²) in [5.74, 6) is 0.655. The van der Waals surface area contributed by atoms with Gasteiger partial charge in [-0.15, -0.1) is 0 Å². The van der Waals surface area contributed by atoms with E-state index in [1.807, 2.05) is 11.0 Å². The maximum Gasteiger partial charge on any atom is 0.145 e. The zero-order valence-corrected chi connectivity index (χ0v) is 18.1. The molecule has 0 bridgehead atoms. The number of aromatic nitrogens is 2. The monoisotopic (exact) mass is 434 g/mol. The molecule has 166 valence electrons. The van der Waals surface area contributed by atoms with E-state index < -0.39 is 0 Å². The number of aromatic amines is 1. The number of imidazole rings is 1. The number of fused-ring (bicyclic) bond motifs is 1. The van der Waals surface area contributed by atoms with E-state index in [-0.39, 0.29) is 24.0 Å². The molecule has 0 atom stereocenters. The van der Waals surface area contributed by atoms with Crippen LogP contribution in [0.1, 0.15) is 11.4 Å². The molecule has 32 heavy (non-hydrogen) atoms. The topological polar surface area (TPSA) is 82.5 Å². The molecule has 1 fully saturated rings. The highest BCUT2D eigenvalue weighted by molar-refractivity contribution is 6.23. The van der Waals surface area contributed by atoms with Gasteiger partial charge in [0.25, 0.3) is 0 Å². The molecule has 0 radical (unpaired) electrons. The molecule has 7 nitrogen and oxygen atoms in total. The molecule has 8 heteroatoms. The summed E-state index contributed by atoms with van der Waals surface area (Å²) in [5, 5.41) is 19.2. The maximum atomic E-state index is 13.1. The van der Waals surface area contributed by atoms with Crippen molar-refractivity contribution in [1.29, 1.82) is 5.41 Å². The highest BCUT2D eigenvalue weighted by Gasteiger charge is 2.30. The van der Waals surface area contributed by atoms with E-state index in [1.165, 1.54) is 12.1 Å². The number of likely N-dealkylation sites (N-methyl/N-ethyl adjacent to an activating group) is 1. The first kappa shape index (κ1) is 20.5. The number of rotatable bonds is 5. The molecule has 2 aliphatic heterocycles. The second-order valence-corrected chi connectivity index (χ2v) is 8.55. The van der Waals surface area contributed by atoms with E-state index in [0.29, 0.717) is 24.4 Å². The number of halogens is 1. The standard InChI is InChI=1S/C24H27FN6O/c1-29-10-12-30(13-11-29)18-6-7-19-20(14-18)28-24(27-19)22-21(32)15-31(23(22)26)9-8-16-2-4-17(25)5-3-16/h2-7,14,26,32H,8-13,15H2,1H3,(H,27,28). The minimum atomic E-state index is -0.259. The summed E-state index contributed by atoms with van der Waals surface area (Å²) in [5.41, 5.74) is 4.31. The largest absolute Gasteiger partial charge is 0.510 e. The van der Waals surface area contributed by atoms with Crippen LogP contribution < -0.4 is 4.90 Å². The van der Waals surface area contributed by atoms with E-state index in [2.05, 4.69) is 38.9 Å². The van der Waals surface area contributed by atoms with Crippen molar-refractivity contribution in [2.45, 2.75) is 6.42 Å². The Labute approximate surface area is 186 Å². The fraction of sp³-hybridized carbons (Fsp3) is 0.333. The van der Waals surface area contributed by atoms with Gasteiger partial charge in [-0.05, 0) is 49.4 Å². The van der Waals surface area contributed by atoms with Crippen LogP contribution in [-0.2, 0) is 6.42 Å². The van der Waals surface area contributed by atoms with Crippen LogP contribution in [-0.4, -0.2) is 77.0 Å². The third-order valence-electron chi connectivity index (χ3n) is 6.34. The van der Waals surface area contributed by atoms with Crippen LogP contribution >= 0.6 is 0 Å². The van der Waals surface area contributed by atoms with Gasteiger partial charge in [-0.3, -0.25) is 5.41 Å². The number of nitrogens with zero attached hydrogens (tertiary/aromatic N) is 4. The lowest BCUT2D eigenvalue weighted by molar-refractivity contribution is 0.313. The number of benzene rings is 2. The van der Waals surface area contributed by atoms with Crippen molar-refractivity contribution in [2.24, 2.45) is 0 Å². The second kappa shape index (κ2) is 8.27. The number of amidine groups is 1. The quantitative estimate of drug-likeness (QED) is 0.574.